The lowest BCUT2D eigenvalue weighted by molar-refractivity contribution is 0.174. The number of hydrogen-bond acceptors (Lipinski definition) is 5. The Bertz CT molecular complexity index is 422. The number of rotatable bonds is 5. The van der Waals surface area contributed by atoms with E-state index >= 15 is 0 Å². The number of nitrogens with zero attached hydrogens (tertiary/aromatic N) is 4. The summed E-state index contributed by atoms with van der Waals surface area (Å²) in [5.74, 6) is 0.874. The van der Waals surface area contributed by atoms with Crippen molar-refractivity contribution in [1.29, 1.82) is 0 Å². The normalized spacial score (nSPS) is 27.2. The Morgan fingerprint density at radius 2 is 1.95 bits per heavy atom. The summed E-state index contributed by atoms with van der Waals surface area (Å²) in [6, 6.07) is 1.88. The molecule has 1 atom stereocenters. The van der Waals surface area contributed by atoms with Crippen LogP contribution in [0, 0.1) is 0 Å². The van der Waals surface area contributed by atoms with Gasteiger partial charge < -0.3 is 10.2 Å². The summed E-state index contributed by atoms with van der Waals surface area (Å²) in [5.41, 5.74) is 0.375. The van der Waals surface area contributed by atoms with Gasteiger partial charge in [0.2, 0.25) is 5.95 Å². The maximum absolute atomic E-state index is 4.36. The molecule has 2 fully saturated rings. The molecule has 1 unspecified atom stereocenters. The summed E-state index contributed by atoms with van der Waals surface area (Å²) >= 11 is 0. The van der Waals surface area contributed by atoms with Crippen LogP contribution in [0.15, 0.2) is 18.5 Å². The Labute approximate surface area is 127 Å². The van der Waals surface area contributed by atoms with Gasteiger partial charge in [-0.15, -0.1) is 0 Å². The summed E-state index contributed by atoms with van der Waals surface area (Å²) in [7, 11) is 0. The summed E-state index contributed by atoms with van der Waals surface area (Å²) in [6.45, 7) is 8.99. The second-order valence-corrected chi connectivity index (χ2v) is 6.37. The van der Waals surface area contributed by atoms with Gasteiger partial charge in [-0.05, 0) is 31.9 Å². The fourth-order valence-corrected chi connectivity index (χ4v) is 3.76. The van der Waals surface area contributed by atoms with Crippen molar-refractivity contribution >= 4 is 5.95 Å². The Morgan fingerprint density at radius 1 is 1.19 bits per heavy atom. The Hall–Kier alpha value is -1.20. The van der Waals surface area contributed by atoms with E-state index in [-0.39, 0.29) is 0 Å². The summed E-state index contributed by atoms with van der Waals surface area (Å²) in [5, 5.41) is 3.78. The molecule has 1 aromatic heterocycles. The number of aromatic nitrogens is 2. The largest absolute Gasteiger partial charge is 0.338 e. The first kappa shape index (κ1) is 14.7. The third-order valence-electron chi connectivity index (χ3n) is 4.79. The van der Waals surface area contributed by atoms with Crippen molar-refractivity contribution in [2.45, 2.75) is 38.1 Å². The van der Waals surface area contributed by atoms with E-state index in [1.165, 1.54) is 38.8 Å². The quantitative estimate of drug-likeness (QED) is 0.890. The van der Waals surface area contributed by atoms with E-state index in [9.17, 15) is 0 Å². The van der Waals surface area contributed by atoms with Crippen LogP contribution in [0.5, 0.6) is 0 Å². The standard InChI is InChI=1S/C16H27N5/c1-2-5-16(6-3-9-19-16)14-20-10-12-21(13-11-20)15-17-7-4-8-18-15/h4,7-8,19H,2-3,5-6,9-14H2,1H3. The summed E-state index contributed by atoms with van der Waals surface area (Å²) in [6.07, 6.45) is 8.89. The average Bonchev–Trinajstić information content (AvgIpc) is 2.98. The van der Waals surface area contributed by atoms with Crippen LogP contribution in [0.25, 0.3) is 0 Å². The zero-order valence-electron chi connectivity index (χ0n) is 13.1. The van der Waals surface area contributed by atoms with Crippen LogP contribution in [0.4, 0.5) is 5.95 Å². The first-order valence-corrected chi connectivity index (χ1v) is 8.31. The topological polar surface area (TPSA) is 44.3 Å². The molecular formula is C16H27N5. The van der Waals surface area contributed by atoms with Crippen molar-refractivity contribution < 1.29 is 0 Å². The average molecular weight is 289 g/mol. The van der Waals surface area contributed by atoms with E-state index in [0.29, 0.717) is 5.54 Å². The van der Waals surface area contributed by atoms with Crippen LogP contribution in [-0.4, -0.2) is 59.7 Å². The number of nitrogens with one attached hydrogen (secondary N) is 1. The smallest absolute Gasteiger partial charge is 0.225 e. The van der Waals surface area contributed by atoms with Crippen LogP contribution < -0.4 is 10.2 Å². The van der Waals surface area contributed by atoms with E-state index < -0.39 is 0 Å². The molecule has 3 rings (SSSR count). The molecule has 5 nitrogen and oxygen atoms in total. The van der Waals surface area contributed by atoms with Gasteiger partial charge in [-0.1, -0.05) is 13.3 Å². The van der Waals surface area contributed by atoms with E-state index in [1.54, 1.807) is 0 Å². The second kappa shape index (κ2) is 6.71. The minimum Gasteiger partial charge on any atom is -0.338 e. The Kier molecular flexibility index (Phi) is 4.70. The van der Waals surface area contributed by atoms with Crippen molar-refractivity contribution in [2.24, 2.45) is 0 Å². The first-order valence-electron chi connectivity index (χ1n) is 8.31. The predicted octanol–water partition coefficient (Wildman–Crippen LogP) is 1.52. The van der Waals surface area contributed by atoms with Gasteiger partial charge in [0.15, 0.2) is 0 Å². The van der Waals surface area contributed by atoms with Crippen LogP contribution in [0.1, 0.15) is 32.6 Å². The van der Waals surface area contributed by atoms with Gasteiger partial charge in [-0.3, -0.25) is 4.90 Å². The van der Waals surface area contributed by atoms with Crippen molar-refractivity contribution in [3.63, 3.8) is 0 Å². The molecule has 0 spiro atoms. The molecule has 1 aromatic rings. The van der Waals surface area contributed by atoms with E-state index in [2.05, 4.69) is 32.0 Å². The molecule has 3 heterocycles. The molecular weight excluding hydrogens is 262 g/mol. The molecule has 21 heavy (non-hydrogen) atoms. The maximum Gasteiger partial charge on any atom is 0.225 e. The number of hydrogen-bond donors (Lipinski definition) is 1. The molecule has 2 saturated heterocycles. The lowest BCUT2D eigenvalue weighted by Crippen LogP contribution is -2.55. The molecule has 0 aliphatic carbocycles. The summed E-state index contributed by atoms with van der Waals surface area (Å²) in [4.78, 5) is 13.6. The summed E-state index contributed by atoms with van der Waals surface area (Å²) < 4.78 is 0. The van der Waals surface area contributed by atoms with Crippen molar-refractivity contribution in [3.8, 4) is 0 Å². The minimum absolute atomic E-state index is 0.375. The highest BCUT2D eigenvalue weighted by Gasteiger charge is 2.35. The van der Waals surface area contributed by atoms with Gasteiger partial charge in [0, 0.05) is 50.7 Å². The SMILES string of the molecule is CCCC1(CN2CCN(c3ncccn3)CC2)CCCN1. The predicted molar refractivity (Wildman–Crippen MR) is 85.6 cm³/mol. The highest BCUT2D eigenvalue weighted by atomic mass is 15.3. The Balaban J connectivity index is 1.53. The highest BCUT2D eigenvalue weighted by molar-refractivity contribution is 5.29. The van der Waals surface area contributed by atoms with Gasteiger partial charge >= 0.3 is 0 Å². The van der Waals surface area contributed by atoms with Crippen molar-refractivity contribution in [2.75, 3.05) is 44.2 Å². The third-order valence-corrected chi connectivity index (χ3v) is 4.79. The monoisotopic (exact) mass is 289 g/mol. The fourth-order valence-electron chi connectivity index (χ4n) is 3.76. The zero-order chi connectivity index (χ0) is 14.5. The number of anilines is 1. The molecule has 0 radical (unpaired) electrons. The molecule has 0 bridgehead atoms. The van der Waals surface area contributed by atoms with Crippen LogP contribution in [-0.2, 0) is 0 Å². The molecule has 0 aromatic carbocycles. The van der Waals surface area contributed by atoms with Gasteiger partial charge in [0.05, 0.1) is 0 Å². The van der Waals surface area contributed by atoms with Gasteiger partial charge in [-0.2, -0.15) is 0 Å². The zero-order valence-corrected chi connectivity index (χ0v) is 13.1. The maximum atomic E-state index is 4.36. The first-order chi connectivity index (χ1) is 10.3. The van der Waals surface area contributed by atoms with Crippen LogP contribution >= 0.6 is 0 Å². The molecule has 2 aliphatic rings. The van der Waals surface area contributed by atoms with E-state index in [1.807, 2.05) is 18.5 Å². The highest BCUT2D eigenvalue weighted by Crippen LogP contribution is 2.26. The van der Waals surface area contributed by atoms with Gasteiger partial charge in [0.25, 0.3) is 0 Å². The molecule has 116 valence electrons. The van der Waals surface area contributed by atoms with E-state index in [0.717, 1.165) is 32.1 Å². The second-order valence-electron chi connectivity index (χ2n) is 6.37. The Morgan fingerprint density at radius 3 is 2.57 bits per heavy atom. The molecule has 0 amide bonds. The van der Waals surface area contributed by atoms with Crippen molar-refractivity contribution in [3.05, 3.63) is 18.5 Å². The molecule has 5 heteroatoms. The lowest BCUT2D eigenvalue weighted by atomic mass is 9.91. The third kappa shape index (κ3) is 3.52. The molecule has 1 N–H and O–H groups in total. The van der Waals surface area contributed by atoms with Gasteiger partial charge in [-0.25, -0.2) is 9.97 Å². The molecule has 0 saturated carbocycles. The van der Waals surface area contributed by atoms with Crippen molar-refractivity contribution in [1.82, 2.24) is 20.2 Å². The fraction of sp³-hybridized carbons (Fsp3) is 0.750. The number of piperazine rings is 1. The molecule has 2 aliphatic heterocycles. The van der Waals surface area contributed by atoms with Crippen LogP contribution in [0.2, 0.25) is 0 Å². The lowest BCUT2D eigenvalue weighted by Gasteiger charge is -2.40. The minimum atomic E-state index is 0.375. The van der Waals surface area contributed by atoms with Gasteiger partial charge in [0.1, 0.15) is 0 Å². The van der Waals surface area contributed by atoms with E-state index in [4.69, 9.17) is 0 Å². The van der Waals surface area contributed by atoms with Crippen LogP contribution in [0.3, 0.4) is 0 Å².